The number of benzene rings is 3. The van der Waals surface area contributed by atoms with Crippen LogP contribution in [-0.4, -0.2) is 39.1 Å². The molecule has 0 spiro atoms. The summed E-state index contributed by atoms with van der Waals surface area (Å²) in [5.41, 5.74) is 6.05. The average molecular weight is 587 g/mol. The molecule has 0 bridgehead atoms. The van der Waals surface area contributed by atoms with Gasteiger partial charge in [-0.05, 0) is 40.8 Å². The molecule has 3 aromatic carbocycles. The number of nitrogens with zero attached hydrogens (tertiary/aromatic N) is 2. The van der Waals surface area contributed by atoms with Crippen molar-refractivity contribution in [2.45, 2.75) is 50.7 Å². The van der Waals surface area contributed by atoms with E-state index < -0.39 is 6.29 Å². The van der Waals surface area contributed by atoms with E-state index in [1.165, 1.54) is 0 Å². The van der Waals surface area contributed by atoms with Gasteiger partial charge in [0.2, 0.25) is 0 Å². The van der Waals surface area contributed by atoms with Crippen LogP contribution in [-0.2, 0) is 29.7 Å². The first-order valence-electron chi connectivity index (χ1n) is 14.3. The zero-order valence-electron chi connectivity index (χ0n) is 24.2. The fourth-order valence-electron chi connectivity index (χ4n) is 5.06. The van der Waals surface area contributed by atoms with Gasteiger partial charge in [-0.2, -0.15) is 0 Å². The minimum Gasteiger partial charge on any atom is -0.392 e. The first kappa shape index (κ1) is 29.8. The molecular weight excluding hydrogens is 548 g/mol. The van der Waals surface area contributed by atoms with Crippen molar-refractivity contribution in [3.05, 3.63) is 107 Å². The Balaban J connectivity index is 1.34. The quantitative estimate of drug-likeness (QED) is 0.198. The van der Waals surface area contributed by atoms with Gasteiger partial charge in [-0.1, -0.05) is 85.4 Å². The highest BCUT2D eigenvalue weighted by atomic mass is 32.2. The summed E-state index contributed by atoms with van der Waals surface area (Å²) in [5, 5.41) is 16.1. The van der Waals surface area contributed by atoms with E-state index in [1.807, 2.05) is 67.3 Å². The van der Waals surface area contributed by atoms with Crippen LogP contribution >= 0.6 is 11.8 Å². The lowest BCUT2D eigenvalue weighted by Gasteiger charge is -2.41. The highest BCUT2D eigenvalue weighted by Gasteiger charge is 2.38. The fraction of sp³-hybridized carbons (Fsp3) is 0.333. The molecule has 8 nitrogen and oxygen atoms in total. The van der Waals surface area contributed by atoms with Gasteiger partial charge in [0.25, 0.3) is 0 Å². The van der Waals surface area contributed by atoms with E-state index >= 15 is 0 Å². The number of aryl methyl sites for hydroxylation is 1. The Labute approximate surface area is 251 Å². The predicted octanol–water partition coefficient (Wildman–Crippen LogP) is 5.98. The average Bonchev–Trinajstić information content (AvgIpc) is 3.44. The number of aliphatic hydroxyl groups excluding tert-OH is 1. The van der Waals surface area contributed by atoms with Crippen LogP contribution in [0.15, 0.2) is 90.3 Å². The van der Waals surface area contributed by atoms with E-state index in [0.29, 0.717) is 13.1 Å². The predicted molar refractivity (Wildman–Crippen MR) is 165 cm³/mol. The van der Waals surface area contributed by atoms with Crippen molar-refractivity contribution in [1.82, 2.24) is 20.2 Å². The Morgan fingerprint density at radius 1 is 0.976 bits per heavy atom. The zero-order valence-corrected chi connectivity index (χ0v) is 25.0. The molecule has 0 aliphatic carbocycles. The molecule has 4 aromatic rings. The van der Waals surface area contributed by atoms with Gasteiger partial charge in [-0.3, -0.25) is 0 Å². The number of carbonyl (C=O) groups is 1. The number of aromatic nitrogens is 2. The summed E-state index contributed by atoms with van der Waals surface area (Å²) in [6.45, 7) is 5.12. The van der Waals surface area contributed by atoms with E-state index in [2.05, 4.69) is 58.9 Å². The second kappa shape index (κ2) is 14.0. The van der Waals surface area contributed by atoms with Crippen LogP contribution in [0.4, 0.5) is 4.79 Å². The molecule has 42 heavy (non-hydrogen) atoms. The first-order valence-corrected chi connectivity index (χ1v) is 15.3. The fourth-order valence-corrected chi connectivity index (χ4v) is 6.15. The monoisotopic (exact) mass is 586 g/mol. The van der Waals surface area contributed by atoms with Gasteiger partial charge in [0.1, 0.15) is 0 Å². The van der Waals surface area contributed by atoms with Crippen molar-refractivity contribution >= 4 is 17.8 Å². The van der Waals surface area contributed by atoms with Crippen LogP contribution in [0.1, 0.15) is 48.5 Å². The molecular formula is C33H38N4O4S. The second-order valence-electron chi connectivity index (χ2n) is 10.5. The third-order valence-corrected chi connectivity index (χ3v) is 8.66. The molecule has 4 atom stereocenters. The number of urea groups is 1. The zero-order chi connectivity index (χ0) is 29.5. The summed E-state index contributed by atoms with van der Waals surface area (Å²) in [6.07, 6.45) is 2.99. The van der Waals surface area contributed by atoms with Crippen LogP contribution < -0.4 is 10.6 Å². The van der Waals surface area contributed by atoms with E-state index in [4.69, 9.17) is 9.47 Å². The molecule has 0 saturated carbocycles. The van der Waals surface area contributed by atoms with Crippen molar-refractivity contribution in [2.24, 2.45) is 13.0 Å². The van der Waals surface area contributed by atoms with Crippen molar-refractivity contribution < 1.29 is 19.4 Å². The molecule has 0 radical (unpaired) electrons. The standard InChI is InChI=1S/C33H38N4O4S/c1-4-34-32(39)36-19-24-6-5-7-28(18-24)25-12-14-27(15-13-25)31-40-29(21-42-33-35-16-17-37(33)3)22(2)30(41-31)26-10-8-23(20-38)9-11-26/h5-18,22,29-31,38H,4,19-21H2,1-3H3,(H2,34,36,39)/t22-,29+,30+,31+/m1/s1. The molecule has 1 aliphatic heterocycles. The lowest BCUT2D eigenvalue weighted by atomic mass is 9.91. The molecule has 220 valence electrons. The maximum absolute atomic E-state index is 11.8. The van der Waals surface area contributed by atoms with Crippen LogP contribution in [0.5, 0.6) is 0 Å². The molecule has 2 heterocycles. The number of ether oxygens (including phenoxy) is 2. The summed E-state index contributed by atoms with van der Waals surface area (Å²) in [7, 11) is 1.99. The number of thioether (sulfide) groups is 1. The van der Waals surface area contributed by atoms with Gasteiger partial charge in [-0.25, -0.2) is 9.78 Å². The van der Waals surface area contributed by atoms with Gasteiger partial charge in [-0.15, -0.1) is 0 Å². The normalized spacial score (nSPS) is 20.3. The maximum Gasteiger partial charge on any atom is 0.315 e. The highest BCUT2D eigenvalue weighted by Crippen LogP contribution is 2.43. The number of hydrogen-bond donors (Lipinski definition) is 3. The molecule has 1 fully saturated rings. The maximum atomic E-state index is 11.8. The van der Waals surface area contributed by atoms with E-state index in [9.17, 15) is 9.90 Å². The summed E-state index contributed by atoms with van der Waals surface area (Å²) in [6, 6.07) is 24.2. The Bertz CT molecular complexity index is 1460. The lowest BCUT2D eigenvalue weighted by Crippen LogP contribution is -2.38. The Morgan fingerprint density at radius 2 is 1.74 bits per heavy atom. The number of rotatable bonds is 10. The lowest BCUT2D eigenvalue weighted by molar-refractivity contribution is -0.268. The summed E-state index contributed by atoms with van der Waals surface area (Å²) < 4.78 is 15.2. The number of imidazole rings is 1. The SMILES string of the molecule is CCNC(=O)NCc1cccc(-c2ccc([C@H]3O[C@@H](CSc4nccn4C)[C@@H](C)[C@@H](c4ccc(CO)cc4)O3)cc2)c1. The number of carbonyl (C=O) groups excluding carboxylic acids is 1. The minimum absolute atomic E-state index is 0.00990. The Hall–Kier alpha value is -3.63. The van der Waals surface area contributed by atoms with Crippen molar-refractivity contribution in [1.29, 1.82) is 0 Å². The topological polar surface area (TPSA) is 97.6 Å². The number of amides is 2. The van der Waals surface area contributed by atoms with Gasteiger partial charge in [0, 0.05) is 49.8 Å². The third-order valence-electron chi connectivity index (χ3n) is 7.51. The molecule has 0 unspecified atom stereocenters. The summed E-state index contributed by atoms with van der Waals surface area (Å²) in [5.74, 6) is 0.843. The van der Waals surface area contributed by atoms with Gasteiger partial charge in [0.15, 0.2) is 11.4 Å². The van der Waals surface area contributed by atoms with E-state index in [1.54, 1.807) is 11.8 Å². The number of nitrogens with one attached hydrogen (secondary N) is 2. The number of aliphatic hydroxyl groups is 1. The largest absolute Gasteiger partial charge is 0.392 e. The molecule has 1 aliphatic rings. The minimum atomic E-state index is -0.530. The van der Waals surface area contributed by atoms with Crippen LogP contribution in [0.2, 0.25) is 0 Å². The van der Waals surface area contributed by atoms with E-state index in [-0.39, 0.29) is 30.8 Å². The van der Waals surface area contributed by atoms with Crippen LogP contribution in [0, 0.1) is 5.92 Å². The first-order chi connectivity index (χ1) is 20.4. The molecule has 5 rings (SSSR count). The smallest absolute Gasteiger partial charge is 0.315 e. The molecule has 2 amide bonds. The molecule has 1 aromatic heterocycles. The van der Waals surface area contributed by atoms with Crippen molar-refractivity contribution in [3.63, 3.8) is 0 Å². The van der Waals surface area contributed by atoms with Gasteiger partial charge >= 0.3 is 6.03 Å². The van der Waals surface area contributed by atoms with Crippen molar-refractivity contribution in [3.8, 4) is 11.1 Å². The van der Waals surface area contributed by atoms with Crippen molar-refractivity contribution in [2.75, 3.05) is 12.3 Å². The number of hydrogen-bond acceptors (Lipinski definition) is 6. The van der Waals surface area contributed by atoms with E-state index in [0.717, 1.165) is 44.3 Å². The molecule has 9 heteroatoms. The molecule has 3 N–H and O–H groups in total. The Kier molecular flexibility index (Phi) is 9.97. The summed E-state index contributed by atoms with van der Waals surface area (Å²) in [4.78, 5) is 16.3. The van der Waals surface area contributed by atoms with Crippen LogP contribution in [0.25, 0.3) is 11.1 Å². The summed E-state index contributed by atoms with van der Waals surface area (Å²) >= 11 is 1.68. The van der Waals surface area contributed by atoms with Gasteiger partial charge in [0.05, 0.1) is 18.8 Å². The third kappa shape index (κ3) is 7.22. The highest BCUT2D eigenvalue weighted by molar-refractivity contribution is 7.99. The Morgan fingerprint density at radius 3 is 2.43 bits per heavy atom. The second-order valence-corrected chi connectivity index (χ2v) is 11.5. The van der Waals surface area contributed by atoms with Gasteiger partial charge < -0.3 is 29.8 Å². The molecule has 1 saturated heterocycles. The van der Waals surface area contributed by atoms with Crippen LogP contribution in [0.3, 0.4) is 0 Å².